The largest absolute Gasteiger partial charge is 0.361 e. The molecule has 0 radical (unpaired) electrons. The minimum atomic E-state index is -0.0967. The molecular formula is C14H20N4O2. The van der Waals surface area contributed by atoms with Crippen molar-refractivity contribution in [1.29, 1.82) is 0 Å². The Kier molecular flexibility index (Phi) is 4.04. The fourth-order valence-corrected chi connectivity index (χ4v) is 2.36. The van der Waals surface area contributed by atoms with E-state index in [-0.39, 0.29) is 11.6 Å². The summed E-state index contributed by atoms with van der Waals surface area (Å²) < 4.78 is 5.13. The van der Waals surface area contributed by atoms with Gasteiger partial charge in [-0.3, -0.25) is 4.79 Å². The van der Waals surface area contributed by atoms with Crippen molar-refractivity contribution in [1.82, 2.24) is 20.4 Å². The molecule has 2 heterocycles. The first-order valence-electron chi connectivity index (χ1n) is 6.62. The lowest BCUT2D eigenvalue weighted by Gasteiger charge is -2.15. The van der Waals surface area contributed by atoms with Crippen molar-refractivity contribution in [3.63, 3.8) is 0 Å². The molecule has 2 rings (SSSR count). The predicted molar refractivity (Wildman–Crippen MR) is 75.6 cm³/mol. The van der Waals surface area contributed by atoms with Crippen LogP contribution in [0.2, 0.25) is 0 Å². The van der Waals surface area contributed by atoms with Gasteiger partial charge in [0.05, 0.1) is 11.3 Å². The van der Waals surface area contributed by atoms with Crippen LogP contribution in [0, 0.1) is 27.7 Å². The van der Waals surface area contributed by atoms with Crippen molar-refractivity contribution in [2.45, 2.75) is 47.2 Å². The molecule has 0 saturated carbocycles. The molecule has 0 fully saturated rings. The maximum atomic E-state index is 12.0. The van der Waals surface area contributed by atoms with E-state index < -0.39 is 0 Å². The van der Waals surface area contributed by atoms with Crippen molar-refractivity contribution in [2.75, 3.05) is 0 Å². The Bertz CT molecular complexity index is 653. The molecular weight excluding hydrogens is 256 g/mol. The smallest absolute Gasteiger partial charge is 0.255 e. The molecule has 108 valence electrons. The summed E-state index contributed by atoms with van der Waals surface area (Å²) in [5.41, 5.74) is 3.24. The quantitative estimate of drug-likeness (QED) is 0.890. The standard InChI is InChI=1S/C14H20N4O2/c1-7-12(10(4)20-18-7)6-15-8(2)13-9(3)16-11(5)17-14(13)19/h8,15H,6H2,1-5H3,(H,16,17,19). The molecule has 2 aromatic heterocycles. The van der Waals surface area contributed by atoms with Gasteiger partial charge in [0.2, 0.25) is 0 Å². The first kappa shape index (κ1) is 14.5. The van der Waals surface area contributed by atoms with Crippen LogP contribution in [-0.4, -0.2) is 15.1 Å². The Balaban J connectivity index is 2.17. The highest BCUT2D eigenvalue weighted by Gasteiger charge is 2.16. The lowest BCUT2D eigenvalue weighted by molar-refractivity contribution is 0.391. The number of nitrogens with one attached hydrogen (secondary N) is 2. The Morgan fingerprint density at radius 1 is 1.25 bits per heavy atom. The van der Waals surface area contributed by atoms with E-state index in [1.54, 1.807) is 6.92 Å². The third kappa shape index (κ3) is 2.80. The summed E-state index contributed by atoms with van der Waals surface area (Å²) in [6, 6.07) is -0.0967. The van der Waals surface area contributed by atoms with Gasteiger partial charge in [0, 0.05) is 23.8 Å². The molecule has 2 N–H and O–H groups in total. The monoisotopic (exact) mass is 276 g/mol. The van der Waals surface area contributed by atoms with E-state index in [0.29, 0.717) is 17.9 Å². The Labute approximate surface area is 117 Å². The van der Waals surface area contributed by atoms with Gasteiger partial charge >= 0.3 is 0 Å². The molecule has 20 heavy (non-hydrogen) atoms. The van der Waals surface area contributed by atoms with Crippen molar-refractivity contribution in [3.05, 3.63) is 44.5 Å². The number of aryl methyl sites for hydroxylation is 4. The molecule has 0 amide bonds. The first-order chi connectivity index (χ1) is 9.40. The van der Waals surface area contributed by atoms with E-state index in [9.17, 15) is 4.79 Å². The topological polar surface area (TPSA) is 83.8 Å². The van der Waals surface area contributed by atoms with Crippen LogP contribution in [0.1, 0.15) is 47.1 Å². The maximum absolute atomic E-state index is 12.0. The minimum absolute atomic E-state index is 0.0891. The van der Waals surface area contributed by atoms with Gasteiger partial charge in [-0.1, -0.05) is 5.16 Å². The molecule has 0 aliphatic carbocycles. The summed E-state index contributed by atoms with van der Waals surface area (Å²) in [5, 5.41) is 7.24. The molecule has 0 spiro atoms. The van der Waals surface area contributed by atoms with Crippen LogP contribution in [0.25, 0.3) is 0 Å². The molecule has 0 aliphatic heterocycles. The van der Waals surface area contributed by atoms with E-state index in [4.69, 9.17) is 4.52 Å². The van der Waals surface area contributed by atoms with Gasteiger partial charge in [-0.25, -0.2) is 4.98 Å². The van der Waals surface area contributed by atoms with Gasteiger partial charge in [-0.05, 0) is 34.6 Å². The average Bonchev–Trinajstić information content (AvgIpc) is 2.65. The number of rotatable bonds is 4. The van der Waals surface area contributed by atoms with E-state index in [1.165, 1.54) is 0 Å². The zero-order chi connectivity index (χ0) is 14.9. The number of hydrogen-bond acceptors (Lipinski definition) is 5. The summed E-state index contributed by atoms with van der Waals surface area (Å²) in [6.07, 6.45) is 0. The summed E-state index contributed by atoms with van der Waals surface area (Å²) in [6.45, 7) is 9.98. The van der Waals surface area contributed by atoms with Crippen molar-refractivity contribution in [3.8, 4) is 0 Å². The second-order valence-corrected chi connectivity index (χ2v) is 5.06. The predicted octanol–water partition coefficient (Wildman–Crippen LogP) is 1.84. The highest BCUT2D eigenvalue weighted by Crippen LogP contribution is 2.15. The SMILES string of the molecule is Cc1nc(C)c(C(C)NCc2c(C)noc2C)c(=O)[nH]1. The number of hydrogen-bond donors (Lipinski definition) is 2. The molecule has 0 aliphatic rings. The average molecular weight is 276 g/mol. The Morgan fingerprint density at radius 3 is 2.50 bits per heavy atom. The van der Waals surface area contributed by atoms with Gasteiger partial charge in [0.25, 0.3) is 5.56 Å². The van der Waals surface area contributed by atoms with E-state index >= 15 is 0 Å². The highest BCUT2D eigenvalue weighted by atomic mass is 16.5. The molecule has 6 nitrogen and oxygen atoms in total. The Morgan fingerprint density at radius 2 is 1.95 bits per heavy atom. The van der Waals surface area contributed by atoms with Crippen LogP contribution < -0.4 is 10.9 Å². The van der Waals surface area contributed by atoms with Gasteiger partial charge in [-0.15, -0.1) is 0 Å². The lowest BCUT2D eigenvalue weighted by atomic mass is 10.1. The second kappa shape index (κ2) is 5.58. The van der Waals surface area contributed by atoms with E-state index in [2.05, 4.69) is 20.4 Å². The van der Waals surface area contributed by atoms with Gasteiger partial charge in [-0.2, -0.15) is 0 Å². The van der Waals surface area contributed by atoms with Crippen molar-refractivity contribution >= 4 is 0 Å². The fourth-order valence-electron chi connectivity index (χ4n) is 2.36. The third-order valence-corrected chi connectivity index (χ3v) is 3.46. The zero-order valence-corrected chi connectivity index (χ0v) is 12.5. The summed E-state index contributed by atoms with van der Waals surface area (Å²) >= 11 is 0. The van der Waals surface area contributed by atoms with Gasteiger partial charge in [0.1, 0.15) is 11.6 Å². The molecule has 2 aromatic rings. The van der Waals surface area contributed by atoms with Crippen molar-refractivity contribution in [2.24, 2.45) is 0 Å². The highest BCUT2D eigenvalue weighted by molar-refractivity contribution is 5.23. The summed E-state index contributed by atoms with van der Waals surface area (Å²) in [4.78, 5) is 19.1. The summed E-state index contributed by atoms with van der Waals surface area (Å²) in [7, 11) is 0. The number of H-pyrrole nitrogens is 1. The molecule has 1 unspecified atom stereocenters. The van der Waals surface area contributed by atoms with Crippen LogP contribution in [0.5, 0.6) is 0 Å². The molecule has 1 atom stereocenters. The molecule has 0 aromatic carbocycles. The fraction of sp³-hybridized carbons (Fsp3) is 0.500. The molecule has 0 saturated heterocycles. The van der Waals surface area contributed by atoms with Crippen LogP contribution in [0.15, 0.2) is 9.32 Å². The van der Waals surface area contributed by atoms with Crippen LogP contribution in [0.4, 0.5) is 0 Å². The normalized spacial score (nSPS) is 12.7. The zero-order valence-electron chi connectivity index (χ0n) is 12.5. The Hall–Kier alpha value is -1.95. The number of aromatic amines is 1. The maximum Gasteiger partial charge on any atom is 0.255 e. The van der Waals surface area contributed by atoms with Gasteiger partial charge in [0.15, 0.2) is 0 Å². The first-order valence-corrected chi connectivity index (χ1v) is 6.62. The number of nitrogens with zero attached hydrogens (tertiary/aromatic N) is 2. The van der Waals surface area contributed by atoms with Crippen molar-refractivity contribution < 1.29 is 4.52 Å². The minimum Gasteiger partial charge on any atom is -0.361 e. The lowest BCUT2D eigenvalue weighted by Crippen LogP contribution is -2.28. The van der Waals surface area contributed by atoms with Crippen LogP contribution in [0.3, 0.4) is 0 Å². The van der Waals surface area contributed by atoms with Crippen LogP contribution >= 0.6 is 0 Å². The van der Waals surface area contributed by atoms with Crippen LogP contribution in [-0.2, 0) is 6.54 Å². The summed E-state index contributed by atoms with van der Waals surface area (Å²) in [5.74, 6) is 1.43. The third-order valence-electron chi connectivity index (χ3n) is 3.46. The van der Waals surface area contributed by atoms with E-state index in [1.807, 2.05) is 27.7 Å². The number of aromatic nitrogens is 3. The molecule has 0 bridgehead atoms. The molecule has 6 heteroatoms. The second-order valence-electron chi connectivity index (χ2n) is 5.06. The van der Waals surface area contributed by atoms with E-state index in [0.717, 1.165) is 22.7 Å². The van der Waals surface area contributed by atoms with Gasteiger partial charge < -0.3 is 14.8 Å².